The third-order valence-electron chi connectivity index (χ3n) is 2.64. The van der Waals surface area contributed by atoms with Gasteiger partial charge in [0.05, 0.1) is 12.1 Å². The third kappa shape index (κ3) is 1.96. The van der Waals surface area contributed by atoms with E-state index in [1.165, 1.54) is 6.42 Å². The second kappa shape index (κ2) is 4.44. The molecule has 0 aliphatic carbocycles. The van der Waals surface area contributed by atoms with E-state index >= 15 is 0 Å². The normalized spacial score (nSPS) is 25.7. The zero-order valence-electron chi connectivity index (χ0n) is 7.88. The second-order valence-electron chi connectivity index (χ2n) is 3.37. The highest BCUT2D eigenvalue weighted by molar-refractivity contribution is 4.93. The van der Waals surface area contributed by atoms with Crippen molar-refractivity contribution < 1.29 is 0 Å². The molecule has 2 unspecified atom stereocenters. The van der Waals surface area contributed by atoms with Crippen LogP contribution in [0.5, 0.6) is 0 Å². The van der Waals surface area contributed by atoms with Gasteiger partial charge in [0.1, 0.15) is 0 Å². The van der Waals surface area contributed by atoms with Crippen LogP contribution < -0.4 is 5.32 Å². The fourth-order valence-corrected chi connectivity index (χ4v) is 1.71. The summed E-state index contributed by atoms with van der Waals surface area (Å²) >= 11 is 0. The minimum atomic E-state index is 0.0925. The Morgan fingerprint density at radius 1 is 1.75 bits per heavy atom. The predicted octanol–water partition coefficient (Wildman–Crippen LogP) is 0.582. The van der Waals surface area contributed by atoms with Crippen LogP contribution in [0.15, 0.2) is 0 Å². The Morgan fingerprint density at radius 3 is 2.92 bits per heavy atom. The maximum atomic E-state index is 8.84. The SMILES string of the molecule is CCC(C#N)N(C)C1CCNC1. The van der Waals surface area contributed by atoms with Gasteiger partial charge in [-0.1, -0.05) is 6.92 Å². The molecule has 0 saturated carbocycles. The molecule has 1 saturated heterocycles. The highest BCUT2D eigenvalue weighted by atomic mass is 15.2. The van der Waals surface area contributed by atoms with Gasteiger partial charge in [-0.25, -0.2) is 0 Å². The van der Waals surface area contributed by atoms with Crippen molar-refractivity contribution in [2.24, 2.45) is 0 Å². The fraction of sp³-hybridized carbons (Fsp3) is 0.889. The molecule has 0 aromatic rings. The summed E-state index contributed by atoms with van der Waals surface area (Å²) in [6.07, 6.45) is 2.10. The molecule has 1 N–H and O–H groups in total. The molecule has 12 heavy (non-hydrogen) atoms. The Hall–Kier alpha value is -0.590. The molecule has 0 spiro atoms. The number of hydrogen-bond acceptors (Lipinski definition) is 3. The number of hydrogen-bond donors (Lipinski definition) is 1. The molecule has 2 atom stereocenters. The van der Waals surface area contributed by atoms with Gasteiger partial charge < -0.3 is 5.32 Å². The standard InChI is InChI=1S/C9H17N3/c1-3-8(6-10)12(2)9-4-5-11-7-9/h8-9,11H,3-5,7H2,1-2H3. The van der Waals surface area contributed by atoms with Crippen LogP contribution in [0.3, 0.4) is 0 Å². The van der Waals surface area contributed by atoms with Crippen molar-refractivity contribution in [3.63, 3.8) is 0 Å². The molecule has 1 rings (SSSR count). The number of nitriles is 1. The van der Waals surface area contributed by atoms with E-state index in [0.29, 0.717) is 6.04 Å². The van der Waals surface area contributed by atoms with Crippen LogP contribution in [0.25, 0.3) is 0 Å². The average molecular weight is 167 g/mol. The van der Waals surface area contributed by atoms with E-state index in [9.17, 15) is 0 Å². The van der Waals surface area contributed by atoms with Crippen LogP contribution in [-0.4, -0.2) is 37.1 Å². The largest absolute Gasteiger partial charge is 0.315 e. The quantitative estimate of drug-likeness (QED) is 0.668. The maximum Gasteiger partial charge on any atom is 0.0975 e. The van der Waals surface area contributed by atoms with E-state index in [-0.39, 0.29) is 6.04 Å². The van der Waals surface area contributed by atoms with Crippen molar-refractivity contribution in [3.05, 3.63) is 0 Å². The molecule has 3 nitrogen and oxygen atoms in total. The van der Waals surface area contributed by atoms with Crippen molar-refractivity contribution >= 4 is 0 Å². The molecule has 0 amide bonds. The molecule has 0 aromatic heterocycles. The molecule has 1 fully saturated rings. The lowest BCUT2D eigenvalue weighted by Crippen LogP contribution is -2.40. The predicted molar refractivity (Wildman–Crippen MR) is 48.7 cm³/mol. The summed E-state index contributed by atoms with van der Waals surface area (Å²) in [7, 11) is 2.05. The van der Waals surface area contributed by atoms with E-state index < -0.39 is 0 Å². The van der Waals surface area contributed by atoms with Crippen LogP contribution in [0.1, 0.15) is 19.8 Å². The van der Waals surface area contributed by atoms with Gasteiger partial charge >= 0.3 is 0 Å². The lowest BCUT2D eigenvalue weighted by Gasteiger charge is -2.27. The van der Waals surface area contributed by atoms with Crippen molar-refractivity contribution in [1.82, 2.24) is 10.2 Å². The van der Waals surface area contributed by atoms with Crippen LogP contribution in [0, 0.1) is 11.3 Å². The number of rotatable bonds is 3. The summed E-state index contributed by atoms with van der Waals surface area (Å²) in [4.78, 5) is 2.19. The van der Waals surface area contributed by atoms with Crippen LogP contribution in [-0.2, 0) is 0 Å². The van der Waals surface area contributed by atoms with Crippen molar-refractivity contribution in [3.8, 4) is 6.07 Å². The lowest BCUT2D eigenvalue weighted by atomic mass is 10.1. The summed E-state index contributed by atoms with van der Waals surface area (Å²) in [5.41, 5.74) is 0. The summed E-state index contributed by atoms with van der Waals surface area (Å²) < 4.78 is 0. The summed E-state index contributed by atoms with van der Waals surface area (Å²) in [6.45, 7) is 4.19. The van der Waals surface area contributed by atoms with E-state index in [0.717, 1.165) is 19.5 Å². The molecule has 0 aromatic carbocycles. The Bertz CT molecular complexity index is 167. The van der Waals surface area contributed by atoms with E-state index in [2.05, 4.69) is 30.3 Å². The number of likely N-dealkylation sites (N-methyl/N-ethyl adjacent to an activating group) is 1. The zero-order chi connectivity index (χ0) is 8.97. The Balaban J connectivity index is 2.44. The maximum absolute atomic E-state index is 8.84. The van der Waals surface area contributed by atoms with Crippen LogP contribution in [0.2, 0.25) is 0 Å². The first-order valence-corrected chi connectivity index (χ1v) is 4.61. The molecule has 1 heterocycles. The van der Waals surface area contributed by atoms with Crippen molar-refractivity contribution in [1.29, 1.82) is 5.26 Å². The molecule has 68 valence electrons. The highest BCUT2D eigenvalue weighted by Crippen LogP contribution is 2.11. The lowest BCUT2D eigenvalue weighted by molar-refractivity contribution is 0.215. The molecule has 0 radical (unpaired) electrons. The van der Waals surface area contributed by atoms with Gasteiger partial charge in [-0.05, 0) is 26.4 Å². The molecule has 3 heteroatoms. The summed E-state index contributed by atoms with van der Waals surface area (Å²) in [6, 6.07) is 2.98. The average Bonchev–Trinajstić information content (AvgIpc) is 2.58. The summed E-state index contributed by atoms with van der Waals surface area (Å²) in [5.74, 6) is 0. The minimum Gasteiger partial charge on any atom is -0.315 e. The van der Waals surface area contributed by atoms with E-state index in [4.69, 9.17) is 5.26 Å². The molecule has 1 aliphatic rings. The molecule has 0 bridgehead atoms. The number of nitrogens with zero attached hydrogens (tertiary/aromatic N) is 2. The van der Waals surface area contributed by atoms with Gasteiger partial charge in [0.25, 0.3) is 0 Å². The zero-order valence-corrected chi connectivity index (χ0v) is 7.88. The Kier molecular flexibility index (Phi) is 3.51. The first kappa shape index (κ1) is 9.50. The topological polar surface area (TPSA) is 39.1 Å². The van der Waals surface area contributed by atoms with Crippen LogP contribution in [0.4, 0.5) is 0 Å². The van der Waals surface area contributed by atoms with Gasteiger partial charge in [0, 0.05) is 12.6 Å². The third-order valence-corrected chi connectivity index (χ3v) is 2.64. The monoisotopic (exact) mass is 167 g/mol. The summed E-state index contributed by atoms with van der Waals surface area (Å²) in [5, 5.41) is 12.1. The Morgan fingerprint density at radius 2 is 2.50 bits per heavy atom. The fourth-order valence-electron chi connectivity index (χ4n) is 1.71. The molecular formula is C9H17N3. The molecule has 1 aliphatic heterocycles. The van der Waals surface area contributed by atoms with E-state index in [1.54, 1.807) is 0 Å². The number of nitrogens with one attached hydrogen (secondary N) is 1. The first-order valence-electron chi connectivity index (χ1n) is 4.61. The van der Waals surface area contributed by atoms with Gasteiger partial charge in [-0.15, -0.1) is 0 Å². The van der Waals surface area contributed by atoms with Crippen LogP contribution >= 0.6 is 0 Å². The van der Waals surface area contributed by atoms with E-state index in [1.807, 2.05) is 0 Å². The second-order valence-corrected chi connectivity index (χ2v) is 3.37. The van der Waals surface area contributed by atoms with Gasteiger partial charge in [0.2, 0.25) is 0 Å². The van der Waals surface area contributed by atoms with Gasteiger partial charge in [0.15, 0.2) is 0 Å². The molecular weight excluding hydrogens is 150 g/mol. The first-order chi connectivity index (χ1) is 5.79. The smallest absolute Gasteiger partial charge is 0.0975 e. The highest BCUT2D eigenvalue weighted by Gasteiger charge is 2.23. The van der Waals surface area contributed by atoms with Gasteiger partial charge in [-0.2, -0.15) is 5.26 Å². The van der Waals surface area contributed by atoms with Crippen molar-refractivity contribution in [2.75, 3.05) is 20.1 Å². The van der Waals surface area contributed by atoms with Crippen molar-refractivity contribution in [2.45, 2.75) is 31.8 Å². The Labute approximate surface area is 74.4 Å². The van der Waals surface area contributed by atoms with Gasteiger partial charge in [-0.3, -0.25) is 4.90 Å². The minimum absolute atomic E-state index is 0.0925.